The molecule has 0 aliphatic carbocycles. The van der Waals surface area contributed by atoms with Gasteiger partial charge in [-0.25, -0.2) is 0 Å². The highest BCUT2D eigenvalue weighted by atomic mass is 16.1. The zero-order valence-corrected chi connectivity index (χ0v) is 10.6. The Morgan fingerprint density at radius 1 is 1.07 bits per heavy atom. The zero-order valence-electron chi connectivity index (χ0n) is 10.6. The van der Waals surface area contributed by atoms with Crippen molar-refractivity contribution in [2.45, 2.75) is 65.7 Å². The van der Waals surface area contributed by atoms with Crippen LogP contribution in [0.4, 0.5) is 0 Å². The molecule has 0 spiro atoms. The first kappa shape index (κ1) is 14.6. The summed E-state index contributed by atoms with van der Waals surface area (Å²) < 4.78 is 0. The maximum absolute atomic E-state index is 11.7. The lowest BCUT2D eigenvalue weighted by Crippen LogP contribution is -2.32. The second-order valence-corrected chi connectivity index (χ2v) is 5.03. The van der Waals surface area contributed by atoms with Gasteiger partial charge in [0.2, 0.25) is 0 Å². The summed E-state index contributed by atoms with van der Waals surface area (Å²) >= 11 is 0. The van der Waals surface area contributed by atoms with Crippen LogP contribution in [0.2, 0.25) is 0 Å². The van der Waals surface area contributed by atoms with Crippen LogP contribution >= 0.6 is 0 Å². The minimum Gasteiger partial charge on any atom is -0.329 e. The Kier molecular flexibility index (Phi) is 7.67. The van der Waals surface area contributed by atoms with Crippen molar-refractivity contribution < 1.29 is 4.79 Å². The number of ketones is 1. The van der Waals surface area contributed by atoms with Gasteiger partial charge in [-0.15, -0.1) is 0 Å². The molecule has 0 fully saturated rings. The van der Waals surface area contributed by atoms with E-state index >= 15 is 0 Å². The predicted octanol–water partition coefficient (Wildman–Crippen LogP) is 3.29. The number of carbonyl (C=O) groups is 1. The van der Waals surface area contributed by atoms with E-state index in [4.69, 9.17) is 5.73 Å². The third-order valence-corrected chi connectivity index (χ3v) is 3.02. The Labute approximate surface area is 94.6 Å². The van der Waals surface area contributed by atoms with E-state index in [0.717, 1.165) is 6.42 Å². The van der Waals surface area contributed by atoms with Crippen molar-refractivity contribution in [1.29, 1.82) is 0 Å². The molecule has 0 rings (SSSR count). The van der Waals surface area contributed by atoms with Crippen LogP contribution in [-0.2, 0) is 4.79 Å². The average molecular weight is 213 g/mol. The van der Waals surface area contributed by atoms with Crippen LogP contribution in [0.5, 0.6) is 0 Å². The van der Waals surface area contributed by atoms with Gasteiger partial charge in [0.15, 0.2) is 0 Å². The molecule has 0 aromatic heterocycles. The fourth-order valence-corrected chi connectivity index (χ4v) is 1.52. The first-order valence-corrected chi connectivity index (χ1v) is 6.28. The summed E-state index contributed by atoms with van der Waals surface area (Å²) in [7, 11) is 0. The van der Waals surface area contributed by atoms with Crippen LogP contribution in [-0.4, -0.2) is 12.3 Å². The van der Waals surface area contributed by atoms with Gasteiger partial charge in [0.25, 0.3) is 0 Å². The van der Waals surface area contributed by atoms with E-state index in [1.54, 1.807) is 0 Å². The van der Waals surface area contributed by atoms with E-state index in [9.17, 15) is 4.79 Å². The summed E-state index contributed by atoms with van der Waals surface area (Å²) in [4.78, 5) is 11.7. The lowest BCUT2D eigenvalue weighted by Gasteiger charge is -2.20. The fourth-order valence-electron chi connectivity index (χ4n) is 1.52. The van der Waals surface area contributed by atoms with Gasteiger partial charge in [0.05, 0.1) is 0 Å². The number of carbonyl (C=O) groups excluding carboxylic acids is 1. The Morgan fingerprint density at radius 3 is 2.13 bits per heavy atom. The minimum atomic E-state index is -0.316. The van der Waals surface area contributed by atoms with Crippen molar-refractivity contribution in [2.75, 3.05) is 6.54 Å². The smallest absolute Gasteiger partial charge is 0.139 e. The highest BCUT2D eigenvalue weighted by molar-refractivity contribution is 5.84. The molecule has 0 aromatic carbocycles. The van der Waals surface area contributed by atoms with Crippen LogP contribution in [0.15, 0.2) is 0 Å². The van der Waals surface area contributed by atoms with Gasteiger partial charge in [0.1, 0.15) is 5.78 Å². The number of unbranched alkanes of at least 4 members (excludes halogenated alkanes) is 5. The van der Waals surface area contributed by atoms with Crippen LogP contribution in [0.3, 0.4) is 0 Å². The summed E-state index contributed by atoms with van der Waals surface area (Å²) in [6.07, 6.45) is 8.10. The standard InChI is InChI=1S/C13H27NO/c1-4-5-6-7-8-9-10-12(15)13(2,3)11-14/h4-11,14H2,1-3H3. The molecule has 0 heterocycles. The molecule has 2 heteroatoms. The number of hydrogen-bond acceptors (Lipinski definition) is 2. The monoisotopic (exact) mass is 213 g/mol. The average Bonchev–Trinajstić information content (AvgIpc) is 2.22. The molecule has 90 valence electrons. The predicted molar refractivity (Wildman–Crippen MR) is 65.8 cm³/mol. The molecule has 0 unspecified atom stereocenters. The zero-order chi connectivity index (χ0) is 11.7. The van der Waals surface area contributed by atoms with Crippen molar-refractivity contribution >= 4 is 5.78 Å². The van der Waals surface area contributed by atoms with Crippen LogP contribution < -0.4 is 5.73 Å². The third-order valence-electron chi connectivity index (χ3n) is 3.02. The molecule has 0 saturated heterocycles. The second kappa shape index (κ2) is 7.86. The van der Waals surface area contributed by atoms with Gasteiger partial charge in [0, 0.05) is 18.4 Å². The third kappa shape index (κ3) is 6.67. The Balaban J connectivity index is 3.47. The van der Waals surface area contributed by atoms with Crippen molar-refractivity contribution in [3.63, 3.8) is 0 Å². The van der Waals surface area contributed by atoms with Gasteiger partial charge in [-0.2, -0.15) is 0 Å². The Bertz CT molecular complexity index is 175. The molecule has 0 saturated carbocycles. The molecule has 2 nitrogen and oxygen atoms in total. The molecule has 2 N–H and O–H groups in total. The molecule has 0 aromatic rings. The molecule has 0 bridgehead atoms. The molecular weight excluding hydrogens is 186 g/mol. The highest BCUT2D eigenvalue weighted by Crippen LogP contribution is 2.18. The molecule has 0 aliphatic rings. The number of Topliss-reactive ketones (excluding diaryl/α,β-unsaturated/α-hetero) is 1. The Morgan fingerprint density at radius 2 is 1.60 bits per heavy atom. The summed E-state index contributed by atoms with van der Waals surface area (Å²) in [6, 6.07) is 0. The van der Waals surface area contributed by atoms with E-state index in [2.05, 4.69) is 6.92 Å². The largest absolute Gasteiger partial charge is 0.329 e. The number of nitrogens with two attached hydrogens (primary N) is 1. The highest BCUT2D eigenvalue weighted by Gasteiger charge is 2.24. The molecule has 0 atom stereocenters. The SMILES string of the molecule is CCCCCCCCC(=O)C(C)(C)CN. The quantitative estimate of drug-likeness (QED) is 0.597. The van der Waals surface area contributed by atoms with Crippen molar-refractivity contribution in [3.05, 3.63) is 0 Å². The first-order valence-electron chi connectivity index (χ1n) is 6.28. The lowest BCUT2D eigenvalue weighted by molar-refractivity contribution is -0.126. The second-order valence-electron chi connectivity index (χ2n) is 5.03. The van der Waals surface area contributed by atoms with Crippen molar-refractivity contribution in [2.24, 2.45) is 11.1 Å². The summed E-state index contributed by atoms with van der Waals surface area (Å²) in [5, 5.41) is 0. The van der Waals surface area contributed by atoms with E-state index in [-0.39, 0.29) is 5.41 Å². The summed E-state index contributed by atoms with van der Waals surface area (Å²) in [6.45, 7) is 6.55. The van der Waals surface area contributed by atoms with Gasteiger partial charge in [-0.1, -0.05) is 52.9 Å². The molecular formula is C13H27NO. The molecule has 15 heavy (non-hydrogen) atoms. The topological polar surface area (TPSA) is 43.1 Å². The number of hydrogen-bond donors (Lipinski definition) is 1. The van der Waals surface area contributed by atoms with Crippen LogP contribution in [0.25, 0.3) is 0 Å². The first-order chi connectivity index (χ1) is 7.04. The van der Waals surface area contributed by atoms with Gasteiger partial charge >= 0.3 is 0 Å². The van der Waals surface area contributed by atoms with Gasteiger partial charge < -0.3 is 5.73 Å². The minimum absolute atomic E-state index is 0.316. The van der Waals surface area contributed by atoms with Gasteiger partial charge in [-0.3, -0.25) is 4.79 Å². The van der Waals surface area contributed by atoms with E-state index in [0.29, 0.717) is 18.7 Å². The van der Waals surface area contributed by atoms with Crippen LogP contribution in [0, 0.1) is 5.41 Å². The lowest BCUT2D eigenvalue weighted by atomic mass is 9.85. The fraction of sp³-hybridized carbons (Fsp3) is 0.923. The molecule has 0 radical (unpaired) electrons. The van der Waals surface area contributed by atoms with Crippen molar-refractivity contribution in [1.82, 2.24) is 0 Å². The van der Waals surface area contributed by atoms with E-state index in [1.807, 2.05) is 13.8 Å². The molecule has 0 amide bonds. The maximum atomic E-state index is 11.7. The van der Waals surface area contributed by atoms with Crippen molar-refractivity contribution in [3.8, 4) is 0 Å². The Hall–Kier alpha value is -0.370. The number of rotatable bonds is 9. The van der Waals surface area contributed by atoms with Crippen LogP contribution in [0.1, 0.15) is 65.7 Å². The van der Waals surface area contributed by atoms with Gasteiger partial charge in [-0.05, 0) is 6.42 Å². The van der Waals surface area contributed by atoms with E-state index in [1.165, 1.54) is 32.1 Å². The normalized spacial score (nSPS) is 11.7. The van der Waals surface area contributed by atoms with E-state index < -0.39 is 0 Å². The molecule has 0 aliphatic heterocycles. The summed E-state index contributed by atoms with van der Waals surface area (Å²) in [5.41, 5.74) is 5.24. The summed E-state index contributed by atoms with van der Waals surface area (Å²) in [5.74, 6) is 0.320. The maximum Gasteiger partial charge on any atom is 0.139 e.